The van der Waals surface area contributed by atoms with Crippen molar-refractivity contribution in [1.29, 1.82) is 0 Å². The topological polar surface area (TPSA) is 94.4 Å². The Morgan fingerprint density at radius 3 is 1.81 bits per heavy atom. The standard InChI is InChI=1S/C5H10O.C4H2N6/c1-4(6)5-2-3-5;1-5-3(9-7-1)4-6-2-8-10-4/h4-6H,2-3H2,1H3;1-2H. The van der Waals surface area contributed by atoms with Gasteiger partial charge in [0, 0.05) is 0 Å². The average molecular weight is 220 g/mol. The number of hydrogen-bond donors (Lipinski definition) is 1. The summed E-state index contributed by atoms with van der Waals surface area (Å²) in [4.78, 5) is 7.54. The van der Waals surface area contributed by atoms with E-state index in [0.29, 0.717) is 17.6 Å². The maximum absolute atomic E-state index is 8.69. The summed E-state index contributed by atoms with van der Waals surface area (Å²) >= 11 is 0. The molecule has 84 valence electrons. The third kappa shape index (κ3) is 2.86. The third-order valence-corrected chi connectivity index (χ3v) is 2.27. The largest absolute Gasteiger partial charge is 0.393 e. The summed E-state index contributed by atoms with van der Waals surface area (Å²) in [6.07, 6.45) is 5.14. The van der Waals surface area contributed by atoms with Crippen LogP contribution in [0.2, 0.25) is 0 Å². The molecule has 0 spiro atoms. The van der Waals surface area contributed by atoms with Crippen molar-refractivity contribution in [2.24, 2.45) is 36.4 Å². The molecule has 0 saturated heterocycles. The lowest BCUT2D eigenvalue weighted by molar-refractivity contribution is 0.171. The van der Waals surface area contributed by atoms with E-state index < -0.39 is 0 Å². The van der Waals surface area contributed by atoms with E-state index in [0.717, 1.165) is 0 Å². The van der Waals surface area contributed by atoms with Gasteiger partial charge in [0.05, 0.1) is 6.10 Å². The van der Waals surface area contributed by atoms with Gasteiger partial charge in [-0.3, -0.25) is 0 Å². The molecule has 0 amide bonds. The van der Waals surface area contributed by atoms with Crippen molar-refractivity contribution in [2.45, 2.75) is 25.9 Å². The molecule has 0 bridgehead atoms. The lowest BCUT2D eigenvalue weighted by Gasteiger charge is -1.93. The van der Waals surface area contributed by atoms with E-state index in [9.17, 15) is 0 Å². The quantitative estimate of drug-likeness (QED) is 0.717. The minimum absolute atomic E-state index is 0.0370. The van der Waals surface area contributed by atoms with Crippen LogP contribution in [0.15, 0.2) is 42.1 Å². The molecule has 0 aromatic rings. The summed E-state index contributed by atoms with van der Waals surface area (Å²) in [5, 5.41) is 23.0. The Balaban J connectivity index is 0.000000138. The molecule has 3 rings (SSSR count). The Labute approximate surface area is 92.4 Å². The van der Waals surface area contributed by atoms with Crippen LogP contribution < -0.4 is 0 Å². The van der Waals surface area contributed by atoms with Crippen LogP contribution in [0.4, 0.5) is 0 Å². The van der Waals surface area contributed by atoms with Crippen LogP contribution in [-0.4, -0.2) is 23.9 Å². The zero-order valence-electron chi connectivity index (χ0n) is 8.85. The zero-order chi connectivity index (χ0) is 11.4. The van der Waals surface area contributed by atoms with Crippen molar-refractivity contribution in [3.05, 3.63) is 11.6 Å². The van der Waals surface area contributed by atoms with Crippen molar-refractivity contribution < 1.29 is 5.11 Å². The van der Waals surface area contributed by atoms with E-state index in [2.05, 4.69) is 30.4 Å². The van der Waals surface area contributed by atoms with E-state index in [-0.39, 0.29) is 6.10 Å². The molecule has 1 saturated carbocycles. The predicted octanol–water partition coefficient (Wildman–Crippen LogP) is 1.88. The van der Waals surface area contributed by atoms with Gasteiger partial charge in [0.15, 0.2) is 0 Å². The highest BCUT2D eigenvalue weighted by Crippen LogP contribution is 2.31. The van der Waals surface area contributed by atoms with Crippen molar-refractivity contribution in [3.63, 3.8) is 0 Å². The van der Waals surface area contributed by atoms with Gasteiger partial charge in [0.1, 0.15) is 12.7 Å². The number of nitrogens with zero attached hydrogens (tertiary/aromatic N) is 6. The summed E-state index contributed by atoms with van der Waals surface area (Å²) in [6, 6.07) is 0. The van der Waals surface area contributed by atoms with E-state index in [1.54, 1.807) is 0 Å². The number of aliphatic hydroxyl groups excluding tert-OH is 1. The number of aliphatic imine (C=N–C) groups is 2. The van der Waals surface area contributed by atoms with Crippen LogP contribution in [0, 0.1) is 5.92 Å². The van der Waals surface area contributed by atoms with Gasteiger partial charge in [-0.1, -0.05) is 0 Å². The molecular weight excluding hydrogens is 208 g/mol. The molecular formula is C9H12N6O. The van der Waals surface area contributed by atoms with E-state index in [1.165, 1.54) is 25.5 Å². The molecule has 7 nitrogen and oxygen atoms in total. The molecule has 2 aliphatic heterocycles. The first-order valence-corrected chi connectivity index (χ1v) is 5.06. The molecule has 1 fully saturated rings. The predicted molar refractivity (Wildman–Crippen MR) is 58.1 cm³/mol. The van der Waals surface area contributed by atoms with Gasteiger partial charge in [0.2, 0.25) is 11.6 Å². The first kappa shape index (κ1) is 10.7. The van der Waals surface area contributed by atoms with Crippen LogP contribution in [0.25, 0.3) is 0 Å². The highest BCUT2D eigenvalue weighted by atomic mass is 16.3. The molecule has 16 heavy (non-hydrogen) atoms. The second-order valence-corrected chi connectivity index (χ2v) is 3.65. The van der Waals surface area contributed by atoms with Crippen LogP contribution >= 0.6 is 0 Å². The molecule has 3 aliphatic rings. The molecule has 1 aliphatic carbocycles. The van der Waals surface area contributed by atoms with Crippen molar-refractivity contribution in [3.8, 4) is 0 Å². The van der Waals surface area contributed by atoms with E-state index in [4.69, 9.17) is 5.11 Å². The van der Waals surface area contributed by atoms with Gasteiger partial charge in [-0.05, 0) is 25.7 Å². The molecule has 7 heteroatoms. The molecule has 1 atom stereocenters. The van der Waals surface area contributed by atoms with Gasteiger partial charge in [-0.2, -0.15) is 0 Å². The summed E-state index contributed by atoms with van der Waals surface area (Å²) < 4.78 is 0. The minimum atomic E-state index is -0.0370. The Bertz CT molecular complexity index is 344. The number of rotatable bonds is 1. The summed E-state index contributed by atoms with van der Waals surface area (Å²) in [7, 11) is 0. The van der Waals surface area contributed by atoms with Crippen molar-refractivity contribution >= 4 is 12.7 Å². The normalized spacial score (nSPS) is 27.1. The smallest absolute Gasteiger partial charge is 0.223 e. The lowest BCUT2D eigenvalue weighted by Crippen LogP contribution is -1.99. The maximum Gasteiger partial charge on any atom is 0.223 e. The fraction of sp³-hybridized carbons (Fsp3) is 0.556. The number of azo groups is 2. The molecule has 1 N–H and O–H groups in total. The van der Waals surface area contributed by atoms with Gasteiger partial charge < -0.3 is 5.11 Å². The summed E-state index contributed by atoms with van der Waals surface area (Å²) in [5.74, 6) is 1.49. The third-order valence-electron chi connectivity index (χ3n) is 2.27. The Morgan fingerprint density at radius 1 is 1.12 bits per heavy atom. The first-order chi connectivity index (χ1) is 7.77. The summed E-state index contributed by atoms with van der Waals surface area (Å²) in [6.45, 7) is 1.86. The molecule has 2 heterocycles. The Hall–Kier alpha value is -1.76. The molecule has 1 unspecified atom stereocenters. The monoisotopic (exact) mass is 220 g/mol. The van der Waals surface area contributed by atoms with Crippen LogP contribution in [0.3, 0.4) is 0 Å². The van der Waals surface area contributed by atoms with Gasteiger partial charge >= 0.3 is 0 Å². The van der Waals surface area contributed by atoms with Gasteiger partial charge in [-0.15, -0.1) is 20.5 Å². The van der Waals surface area contributed by atoms with Crippen molar-refractivity contribution in [1.82, 2.24) is 0 Å². The van der Waals surface area contributed by atoms with Crippen LogP contribution in [0.1, 0.15) is 19.8 Å². The Kier molecular flexibility index (Phi) is 3.25. The maximum atomic E-state index is 8.69. The minimum Gasteiger partial charge on any atom is -0.393 e. The highest BCUT2D eigenvalue weighted by molar-refractivity contribution is 5.62. The number of hydrogen-bond acceptors (Lipinski definition) is 7. The molecule has 0 aromatic carbocycles. The zero-order valence-corrected chi connectivity index (χ0v) is 8.85. The second kappa shape index (κ2) is 4.84. The fourth-order valence-corrected chi connectivity index (χ4v) is 1.16. The lowest BCUT2D eigenvalue weighted by atomic mass is 10.3. The molecule has 0 radical (unpaired) electrons. The van der Waals surface area contributed by atoms with Crippen LogP contribution in [-0.2, 0) is 0 Å². The van der Waals surface area contributed by atoms with E-state index >= 15 is 0 Å². The Morgan fingerprint density at radius 2 is 1.62 bits per heavy atom. The fourth-order valence-electron chi connectivity index (χ4n) is 1.16. The molecule has 0 aromatic heterocycles. The van der Waals surface area contributed by atoms with Crippen molar-refractivity contribution in [2.75, 3.05) is 0 Å². The van der Waals surface area contributed by atoms with Crippen LogP contribution in [0.5, 0.6) is 0 Å². The summed E-state index contributed by atoms with van der Waals surface area (Å²) in [5.41, 5.74) is 0. The highest BCUT2D eigenvalue weighted by Gasteiger charge is 2.25. The van der Waals surface area contributed by atoms with Gasteiger partial charge in [0.25, 0.3) is 0 Å². The van der Waals surface area contributed by atoms with Gasteiger partial charge in [-0.25, -0.2) is 9.98 Å². The van der Waals surface area contributed by atoms with E-state index in [1.807, 2.05) is 6.92 Å². The second-order valence-electron chi connectivity index (χ2n) is 3.65. The average Bonchev–Trinajstić information content (AvgIpc) is 2.81. The first-order valence-electron chi connectivity index (χ1n) is 5.06. The number of aliphatic hydroxyl groups is 1. The SMILES string of the molecule is C1=NC(=C2N=CN=N2)N=N1.CC(O)C1CC1.